The second kappa shape index (κ2) is 7.21. The maximum Gasteiger partial charge on any atom is 0.420 e. The lowest BCUT2D eigenvalue weighted by atomic mass is 10.2. The van der Waals surface area contributed by atoms with Crippen molar-refractivity contribution < 1.29 is 9.21 Å². The Morgan fingerprint density at radius 3 is 2.69 bits per heavy atom. The van der Waals surface area contributed by atoms with Crippen LogP contribution < -0.4 is 5.76 Å². The summed E-state index contributed by atoms with van der Waals surface area (Å²) in [7, 11) is 0. The van der Waals surface area contributed by atoms with Crippen LogP contribution in [-0.4, -0.2) is 55.8 Å². The fourth-order valence-corrected chi connectivity index (χ4v) is 3.89. The van der Waals surface area contributed by atoms with Gasteiger partial charge in [-0.1, -0.05) is 18.2 Å². The summed E-state index contributed by atoms with van der Waals surface area (Å²) in [4.78, 5) is 33.4. The second-order valence-corrected chi connectivity index (χ2v) is 7.26. The van der Waals surface area contributed by atoms with Gasteiger partial charge in [0, 0.05) is 38.9 Å². The minimum Gasteiger partial charge on any atom is -0.408 e. The Balaban J connectivity index is 1.23. The first kappa shape index (κ1) is 17.7. The molecule has 8 nitrogen and oxygen atoms in total. The van der Waals surface area contributed by atoms with Crippen molar-refractivity contribution in [2.75, 3.05) is 26.2 Å². The number of benzene rings is 1. The largest absolute Gasteiger partial charge is 0.420 e. The lowest BCUT2D eigenvalue weighted by Crippen LogP contribution is -2.49. The van der Waals surface area contributed by atoms with Crippen LogP contribution in [0.2, 0.25) is 0 Å². The number of carbonyl (C=O) groups is 1. The number of hydrogen-bond donors (Lipinski definition) is 0. The molecule has 0 aliphatic carbocycles. The molecule has 0 radical (unpaired) electrons. The normalized spacial score (nSPS) is 15.4. The van der Waals surface area contributed by atoms with Crippen LogP contribution in [0.5, 0.6) is 0 Å². The first-order chi connectivity index (χ1) is 14.2. The van der Waals surface area contributed by atoms with Gasteiger partial charge in [0.05, 0.1) is 17.4 Å². The molecule has 29 heavy (non-hydrogen) atoms. The van der Waals surface area contributed by atoms with Gasteiger partial charge in [0.25, 0.3) is 0 Å². The van der Waals surface area contributed by atoms with E-state index in [-0.39, 0.29) is 12.5 Å². The van der Waals surface area contributed by atoms with E-state index >= 15 is 0 Å². The van der Waals surface area contributed by atoms with Crippen LogP contribution in [0, 0.1) is 0 Å². The number of rotatable bonds is 4. The number of nitrogens with zero attached hydrogens (tertiary/aromatic N) is 5. The lowest BCUT2D eigenvalue weighted by molar-refractivity contribution is -0.133. The number of hydrogen-bond acceptors (Lipinski definition) is 5. The zero-order chi connectivity index (χ0) is 19.8. The SMILES string of the molecule is O=C(Cn1c(=O)oc2ccccc21)N1CCN(Cc2cnc3ccccn23)CC1. The molecule has 5 rings (SSSR count). The number of pyridine rings is 1. The van der Waals surface area contributed by atoms with E-state index < -0.39 is 5.76 Å². The highest BCUT2D eigenvalue weighted by Crippen LogP contribution is 2.14. The van der Waals surface area contributed by atoms with Gasteiger partial charge < -0.3 is 13.7 Å². The van der Waals surface area contributed by atoms with Gasteiger partial charge in [-0.05, 0) is 24.3 Å². The van der Waals surface area contributed by atoms with Gasteiger partial charge in [-0.15, -0.1) is 0 Å². The summed E-state index contributed by atoms with van der Waals surface area (Å²) in [6.45, 7) is 3.64. The Morgan fingerprint density at radius 1 is 1.03 bits per heavy atom. The van der Waals surface area contributed by atoms with Crippen molar-refractivity contribution in [3.63, 3.8) is 0 Å². The van der Waals surface area contributed by atoms with Crippen molar-refractivity contribution in [1.82, 2.24) is 23.8 Å². The van der Waals surface area contributed by atoms with Gasteiger partial charge in [0.1, 0.15) is 12.2 Å². The Bertz CT molecular complexity index is 1230. The molecule has 0 saturated carbocycles. The van der Waals surface area contributed by atoms with Crippen LogP contribution in [0.1, 0.15) is 5.69 Å². The van der Waals surface area contributed by atoms with Gasteiger partial charge >= 0.3 is 5.76 Å². The lowest BCUT2D eigenvalue weighted by Gasteiger charge is -2.34. The molecular formula is C21H21N5O3. The summed E-state index contributed by atoms with van der Waals surface area (Å²) < 4.78 is 8.71. The highest BCUT2D eigenvalue weighted by molar-refractivity contribution is 5.79. The molecule has 0 bridgehead atoms. The molecule has 1 amide bonds. The molecule has 1 saturated heterocycles. The van der Waals surface area contributed by atoms with Crippen LogP contribution >= 0.6 is 0 Å². The third-order valence-corrected chi connectivity index (χ3v) is 5.47. The molecular weight excluding hydrogens is 370 g/mol. The molecule has 4 aromatic rings. The second-order valence-electron chi connectivity index (χ2n) is 7.26. The quantitative estimate of drug-likeness (QED) is 0.528. The molecule has 148 valence electrons. The molecule has 1 aliphatic rings. The molecule has 1 aromatic carbocycles. The van der Waals surface area contributed by atoms with Crippen molar-refractivity contribution in [3.8, 4) is 0 Å². The number of piperazine rings is 1. The Kier molecular flexibility index (Phi) is 4.40. The highest BCUT2D eigenvalue weighted by Gasteiger charge is 2.23. The minimum atomic E-state index is -0.495. The summed E-state index contributed by atoms with van der Waals surface area (Å²) in [5.74, 6) is -0.557. The van der Waals surface area contributed by atoms with E-state index in [1.807, 2.05) is 41.6 Å². The number of oxazole rings is 1. The average Bonchev–Trinajstić information content (AvgIpc) is 3.29. The van der Waals surface area contributed by atoms with E-state index in [0.29, 0.717) is 24.2 Å². The monoisotopic (exact) mass is 391 g/mol. The third kappa shape index (κ3) is 3.31. The average molecular weight is 391 g/mol. The summed E-state index contributed by atoms with van der Waals surface area (Å²) in [5.41, 5.74) is 3.23. The number of carbonyl (C=O) groups excluding carboxylic acids is 1. The zero-order valence-electron chi connectivity index (χ0n) is 15.9. The van der Waals surface area contributed by atoms with Crippen molar-refractivity contribution in [2.24, 2.45) is 0 Å². The predicted molar refractivity (Wildman–Crippen MR) is 108 cm³/mol. The molecule has 1 fully saturated rings. The third-order valence-electron chi connectivity index (χ3n) is 5.47. The van der Waals surface area contributed by atoms with E-state index in [1.54, 1.807) is 18.2 Å². The molecule has 3 aromatic heterocycles. The van der Waals surface area contributed by atoms with Crippen LogP contribution in [0.4, 0.5) is 0 Å². The van der Waals surface area contributed by atoms with E-state index in [9.17, 15) is 9.59 Å². The van der Waals surface area contributed by atoms with Crippen molar-refractivity contribution in [2.45, 2.75) is 13.1 Å². The molecule has 0 unspecified atom stereocenters. The minimum absolute atomic E-state index is 0.00308. The number of aromatic nitrogens is 3. The number of imidazole rings is 1. The summed E-state index contributed by atoms with van der Waals surface area (Å²) >= 11 is 0. The molecule has 0 N–H and O–H groups in total. The van der Waals surface area contributed by atoms with Crippen LogP contribution in [0.15, 0.2) is 64.1 Å². The summed E-state index contributed by atoms with van der Waals surface area (Å²) in [5, 5.41) is 0. The Morgan fingerprint density at radius 2 is 1.83 bits per heavy atom. The fourth-order valence-electron chi connectivity index (χ4n) is 3.89. The maximum absolute atomic E-state index is 12.8. The number of fused-ring (bicyclic) bond motifs is 2. The Hall–Kier alpha value is -3.39. The molecule has 1 aliphatic heterocycles. The number of para-hydroxylation sites is 2. The van der Waals surface area contributed by atoms with Gasteiger partial charge in [0.15, 0.2) is 5.58 Å². The van der Waals surface area contributed by atoms with E-state index in [0.717, 1.165) is 31.0 Å². The van der Waals surface area contributed by atoms with Gasteiger partial charge in [-0.3, -0.25) is 14.3 Å². The van der Waals surface area contributed by atoms with Crippen LogP contribution in [0.25, 0.3) is 16.7 Å². The van der Waals surface area contributed by atoms with E-state index in [1.165, 1.54) is 4.57 Å². The smallest absolute Gasteiger partial charge is 0.408 e. The van der Waals surface area contributed by atoms with Gasteiger partial charge in [-0.25, -0.2) is 9.78 Å². The van der Waals surface area contributed by atoms with Crippen molar-refractivity contribution in [1.29, 1.82) is 0 Å². The summed E-state index contributed by atoms with van der Waals surface area (Å²) in [6.07, 6.45) is 3.92. The first-order valence-corrected chi connectivity index (χ1v) is 9.68. The molecule has 0 atom stereocenters. The number of amides is 1. The standard InChI is InChI=1S/C21H21N5O3/c27-20(15-26-17-5-1-2-6-18(17)29-21(26)28)24-11-9-23(10-12-24)14-16-13-22-19-7-3-4-8-25(16)19/h1-8,13H,9-12,14-15H2. The Labute approximate surface area is 166 Å². The van der Waals surface area contributed by atoms with Crippen LogP contribution in [-0.2, 0) is 17.9 Å². The van der Waals surface area contributed by atoms with E-state index in [4.69, 9.17) is 4.42 Å². The van der Waals surface area contributed by atoms with Crippen molar-refractivity contribution in [3.05, 3.63) is 71.1 Å². The first-order valence-electron chi connectivity index (χ1n) is 9.68. The molecule has 0 spiro atoms. The molecule has 4 heterocycles. The topological polar surface area (TPSA) is 76.0 Å². The summed E-state index contributed by atoms with van der Waals surface area (Å²) in [6, 6.07) is 13.1. The van der Waals surface area contributed by atoms with Crippen LogP contribution in [0.3, 0.4) is 0 Å². The van der Waals surface area contributed by atoms with Gasteiger partial charge in [0.2, 0.25) is 5.91 Å². The van der Waals surface area contributed by atoms with E-state index in [2.05, 4.69) is 14.3 Å². The fraction of sp³-hybridized carbons (Fsp3) is 0.286. The van der Waals surface area contributed by atoms with Crippen molar-refractivity contribution >= 4 is 22.7 Å². The highest BCUT2D eigenvalue weighted by atomic mass is 16.4. The molecule has 8 heteroatoms. The zero-order valence-corrected chi connectivity index (χ0v) is 15.9. The maximum atomic E-state index is 12.8. The predicted octanol–water partition coefficient (Wildman–Crippen LogP) is 1.59. The van der Waals surface area contributed by atoms with Gasteiger partial charge in [-0.2, -0.15) is 0 Å².